The Kier molecular flexibility index (Phi) is 3.43. The van der Waals surface area contributed by atoms with Gasteiger partial charge in [0.2, 0.25) is 5.78 Å². The predicted molar refractivity (Wildman–Crippen MR) is 74.9 cm³/mol. The Morgan fingerprint density at radius 1 is 1.25 bits per heavy atom. The molecule has 1 heterocycles. The number of carbonyl (C=O) groups is 2. The van der Waals surface area contributed by atoms with E-state index in [0.29, 0.717) is 12.3 Å². The quantitative estimate of drug-likeness (QED) is 0.479. The van der Waals surface area contributed by atoms with Gasteiger partial charge in [-0.1, -0.05) is 37.3 Å². The first-order valence-electron chi connectivity index (χ1n) is 7.23. The van der Waals surface area contributed by atoms with Gasteiger partial charge in [-0.2, -0.15) is 0 Å². The Bertz CT molecular complexity index is 555. The summed E-state index contributed by atoms with van der Waals surface area (Å²) in [4.78, 5) is 24.6. The Morgan fingerprint density at radius 2 is 1.95 bits per heavy atom. The SMILES string of the molecule is CCC=C1OC(=O)C(C(c2ccccc2)C2CC2)C1=O. The topological polar surface area (TPSA) is 43.4 Å². The highest BCUT2D eigenvalue weighted by Crippen LogP contribution is 2.49. The van der Waals surface area contributed by atoms with Crippen LogP contribution in [0.5, 0.6) is 0 Å². The van der Waals surface area contributed by atoms with Gasteiger partial charge in [-0.05, 0) is 36.8 Å². The van der Waals surface area contributed by atoms with E-state index in [4.69, 9.17) is 4.74 Å². The zero-order valence-corrected chi connectivity index (χ0v) is 11.5. The van der Waals surface area contributed by atoms with Gasteiger partial charge in [0.05, 0.1) is 0 Å². The lowest BCUT2D eigenvalue weighted by molar-refractivity contribution is -0.140. The molecule has 0 spiro atoms. The highest BCUT2D eigenvalue weighted by molar-refractivity contribution is 6.14. The molecule has 2 fully saturated rings. The molecule has 1 aliphatic heterocycles. The van der Waals surface area contributed by atoms with Crippen LogP contribution in [0.3, 0.4) is 0 Å². The van der Waals surface area contributed by atoms with E-state index in [-0.39, 0.29) is 23.4 Å². The van der Waals surface area contributed by atoms with Crippen LogP contribution in [0.15, 0.2) is 42.2 Å². The van der Waals surface area contributed by atoms with E-state index < -0.39 is 5.92 Å². The zero-order valence-electron chi connectivity index (χ0n) is 11.5. The van der Waals surface area contributed by atoms with E-state index >= 15 is 0 Å². The van der Waals surface area contributed by atoms with Crippen molar-refractivity contribution in [2.45, 2.75) is 32.1 Å². The van der Waals surface area contributed by atoms with Crippen molar-refractivity contribution in [3.63, 3.8) is 0 Å². The summed E-state index contributed by atoms with van der Waals surface area (Å²) < 4.78 is 5.18. The normalized spacial score (nSPS) is 25.9. The number of hydrogen-bond donors (Lipinski definition) is 0. The first kappa shape index (κ1) is 13.1. The Balaban J connectivity index is 1.95. The summed E-state index contributed by atoms with van der Waals surface area (Å²) in [5, 5.41) is 0. The van der Waals surface area contributed by atoms with Gasteiger partial charge in [0.15, 0.2) is 5.76 Å². The van der Waals surface area contributed by atoms with Gasteiger partial charge in [0.25, 0.3) is 0 Å². The third-order valence-corrected chi connectivity index (χ3v) is 4.05. The monoisotopic (exact) mass is 270 g/mol. The number of carbonyl (C=O) groups excluding carboxylic acids is 2. The maximum absolute atomic E-state index is 12.4. The largest absolute Gasteiger partial charge is 0.422 e. The van der Waals surface area contributed by atoms with E-state index in [2.05, 4.69) is 0 Å². The third-order valence-electron chi connectivity index (χ3n) is 4.05. The molecular formula is C17H18O3. The molecule has 2 unspecified atom stereocenters. The number of benzene rings is 1. The average Bonchev–Trinajstić information content (AvgIpc) is 3.24. The average molecular weight is 270 g/mol. The van der Waals surface area contributed by atoms with Crippen molar-refractivity contribution in [2.24, 2.45) is 11.8 Å². The predicted octanol–water partition coefficient (Wildman–Crippen LogP) is 3.22. The molecule has 0 aromatic heterocycles. The Labute approximate surface area is 118 Å². The number of ether oxygens (including phenoxy) is 1. The lowest BCUT2D eigenvalue weighted by Gasteiger charge is -2.19. The molecule has 104 valence electrons. The summed E-state index contributed by atoms with van der Waals surface area (Å²) in [6, 6.07) is 9.87. The number of rotatable bonds is 4. The summed E-state index contributed by atoms with van der Waals surface area (Å²) in [5.41, 5.74) is 1.07. The molecule has 3 nitrogen and oxygen atoms in total. The van der Waals surface area contributed by atoms with Crippen molar-refractivity contribution in [3.8, 4) is 0 Å². The van der Waals surface area contributed by atoms with Crippen molar-refractivity contribution in [2.75, 3.05) is 0 Å². The first-order valence-corrected chi connectivity index (χ1v) is 7.23. The van der Waals surface area contributed by atoms with Crippen LogP contribution in [0.1, 0.15) is 37.7 Å². The van der Waals surface area contributed by atoms with Crippen molar-refractivity contribution >= 4 is 11.8 Å². The van der Waals surface area contributed by atoms with Crippen LogP contribution in [0.2, 0.25) is 0 Å². The van der Waals surface area contributed by atoms with E-state index in [1.807, 2.05) is 37.3 Å². The fraction of sp³-hybridized carbons (Fsp3) is 0.412. The number of hydrogen-bond acceptors (Lipinski definition) is 3. The standard InChI is InChI=1S/C17H18O3/c1-2-6-13-16(18)15(17(19)20-13)14(12-9-10-12)11-7-4-3-5-8-11/h3-8,12,14-15H,2,9-10H2,1H3. The maximum atomic E-state index is 12.4. The second-order valence-electron chi connectivity index (χ2n) is 5.51. The van der Waals surface area contributed by atoms with Gasteiger partial charge in [-0.25, -0.2) is 0 Å². The van der Waals surface area contributed by atoms with E-state index in [1.165, 1.54) is 0 Å². The molecular weight excluding hydrogens is 252 g/mol. The summed E-state index contributed by atoms with van der Waals surface area (Å²) in [7, 11) is 0. The minimum Gasteiger partial charge on any atom is -0.422 e. The van der Waals surface area contributed by atoms with Gasteiger partial charge in [0.1, 0.15) is 5.92 Å². The molecule has 20 heavy (non-hydrogen) atoms. The molecule has 0 amide bonds. The Hall–Kier alpha value is -1.90. The molecule has 1 saturated carbocycles. The molecule has 0 radical (unpaired) electrons. The van der Waals surface area contributed by atoms with Crippen molar-refractivity contribution in [1.29, 1.82) is 0 Å². The third kappa shape index (κ3) is 2.28. The van der Waals surface area contributed by atoms with Crippen LogP contribution in [-0.4, -0.2) is 11.8 Å². The number of Topliss-reactive ketones (excluding diaryl/α,β-unsaturated/α-hetero) is 1. The van der Waals surface area contributed by atoms with Crippen LogP contribution in [-0.2, 0) is 14.3 Å². The molecule has 1 aromatic carbocycles. The van der Waals surface area contributed by atoms with Crippen molar-refractivity contribution < 1.29 is 14.3 Å². The van der Waals surface area contributed by atoms with Gasteiger partial charge in [0, 0.05) is 5.92 Å². The maximum Gasteiger partial charge on any atom is 0.323 e. The highest BCUT2D eigenvalue weighted by Gasteiger charge is 2.50. The number of ketones is 1. The van der Waals surface area contributed by atoms with E-state index in [9.17, 15) is 9.59 Å². The fourth-order valence-corrected chi connectivity index (χ4v) is 2.99. The molecule has 3 heteroatoms. The molecule has 0 bridgehead atoms. The second kappa shape index (κ2) is 5.23. The lowest BCUT2D eigenvalue weighted by Crippen LogP contribution is -2.25. The first-order chi connectivity index (χ1) is 9.72. The molecule has 1 saturated heterocycles. The van der Waals surface area contributed by atoms with Crippen LogP contribution in [0.4, 0.5) is 0 Å². The van der Waals surface area contributed by atoms with E-state index in [1.54, 1.807) is 6.08 Å². The number of esters is 1. The molecule has 1 aromatic rings. The van der Waals surface area contributed by atoms with Crippen molar-refractivity contribution in [1.82, 2.24) is 0 Å². The van der Waals surface area contributed by atoms with Crippen molar-refractivity contribution in [3.05, 3.63) is 47.7 Å². The van der Waals surface area contributed by atoms with Gasteiger partial charge in [-0.15, -0.1) is 0 Å². The molecule has 0 N–H and O–H groups in total. The van der Waals surface area contributed by atoms with Gasteiger partial charge < -0.3 is 4.74 Å². The zero-order chi connectivity index (χ0) is 14.1. The molecule has 2 atom stereocenters. The van der Waals surface area contributed by atoms with Gasteiger partial charge >= 0.3 is 5.97 Å². The van der Waals surface area contributed by atoms with E-state index in [0.717, 1.165) is 18.4 Å². The lowest BCUT2D eigenvalue weighted by atomic mass is 9.80. The smallest absolute Gasteiger partial charge is 0.323 e. The summed E-state index contributed by atoms with van der Waals surface area (Å²) in [6.45, 7) is 1.93. The van der Waals surface area contributed by atoms with Crippen LogP contribution in [0, 0.1) is 11.8 Å². The minimum atomic E-state index is -0.650. The highest BCUT2D eigenvalue weighted by atomic mass is 16.5. The summed E-state index contributed by atoms with van der Waals surface area (Å²) in [5.74, 6) is -0.529. The van der Waals surface area contributed by atoms with Crippen LogP contribution < -0.4 is 0 Å². The molecule has 3 rings (SSSR count). The van der Waals surface area contributed by atoms with Gasteiger partial charge in [-0.3, -0.25) is 9.59 Å². The number of allylic oxidation sites excluding steroid dienone is 2. The molecule has 2 aliphatic rings. The summed E-state index contributed by atoms with van der Waals surface area (Å²) in [6.07, 6.45) is 4.57. The fourth-order valence-electron chi connectivity index (χ4n) is 2.99. The van der Waals surface area contributed by atoms with Crippen LogP contribution >= 0.6 is 0 Å². The summed E-state index contributed by atoms with van der Waals surface area (Å²) >= 11 is 0. The Morgan fingerprint density at radius 3 is 2.55 bits per heavy atom. The minimum absolute atomic E-state index is 0.0287. The van der Waals surface area contributed by atoms with Crippen LogP contribution in [0.25, 0.3) is 0 Å². The number of cyclic esters (lactones) is 1. The second-order valence-corrected chi connectivity index (χ2v) is 5.51. The molecule has 1 aliphatic carbocycles.